The number of pyridine rings is 1. The fourth-order valence-corrected chi connectivity index (χ4v) is 4.39. The lowest BCUT2D eigenvalue weighted by Crippen LogP contribution is -2.35. The topological polar surface area (TPSA) is 122 Å². The number of nitrogens with zero attached hydrogens (tertiary/aromatic N) is 2. The van der Waals surface area contributed by atoms with Crippen molar-refractivity contribution >= 4 is 33.3 Å². The number of rotatable bonds is 4. The van der Waals surface area contributed by atoms with Gasteiger partial charge in [-0.1, -0.05) is 0 Å². The molecule has 0 bridgehead atoms. The number of nitrogens with one attached hydrogen (secondary N) is 1. The molecule has 3 amide bonds. The zero-order chi connectivity index (χ0) is 21.9. The molecule has 2 unspecified atom stereocenters. The first kappa shape index (κ1) is 20.1. The van der Waals surface area contributed by atoms with Gasteiger partial charge < -0.3 is 11.1 Å². The van der Waals surface area contributed by atoms with Gasteiger partial charge in [0.05, 0.1) is 10.6 Å². The van der Waals surface area contributed by atoms with E-state index < -0.39 is 37.7 Å². The van der Waals surface area contributed by atoms with Gasteiger partial charge in [0.2, 0.25) is 0 Å². The van der Waals surface area contributed by atoms with E-state index in [2.05, 4.69) is 10.3 Å². The summed E-state index contributed by atoms with van der Waals surface area (Å²) in [5, 5.41) is 2.65. The number of anilines is 2. The first-order valence-electron chi connectivity index (χ1n) is 8.74. The van der Waals surface area contributed by atoms with Crippen LogP contribution < -0.4 is 16.0 Å². The zero-order valence-electron chi connectivity index (χ0n) is 15.2. The van der Waals surface area contributed by atoms with Crippen molar-refractivity contribution < 1.29 is 31.2 Å². The van der Waals surface area contributed by atoms with Crippen LogP contribution in [-0.4, -0.2) is 36.4 Å². The summed E-state index contributed by atoms with van der Waals surface area (Å²) in [6.07, 6.45) is 2.42. The number of carbonyl (C=O) groups excluding carboxylic acids is 2. The maximum absolute atomic E-state index is 12.9. The van der Waals surface area contributed by atoms with Crippen LogP contribution in [0, 0.1) is 5.92 Å². The van der Waals surface area contributed by atoms with Gasteiger partial charge >= 0.3 is 11.5 Å². The Hall–Kier alpha value is -3.15. The van der Waals surface area contributed by atoms with Crippen LogP contribution in [0.4, 0.5) is 29.5 Å². The molecule has 158 valence electrons. The molecule has 1 aliphatic carbocycles. The third kappa shape index (κ3) is 3.07. The molecule has 2 aliphatic rings. The van der Waals surface area contributed by atoms with Crippen LogP contribution in [-0.2, 0) is 21.1 Å². The van der Waals surface area contributed by atoms with Crippen LogP contribution in [0.1, 0.15) is 12.0 Å². The third-order valence-electron chi connectivity index (χ3n) is 5.26. The van der Waals surface area contributed by atoms with E-state index >= 15 is 0 Å². The standard InChI is InChI=1S/C18H15F3N4O4S/c19-18(20,21)30(28,29)13-3-1-12(2-4-13)25-15(26)17(24-16(25)27)9-11(17)7-10-5-6-23-14(22)8-10/h1-6,8,11H,7,9H2,(H2,22,23)(H,24,27). The molecule has 2 atom stereocenters. The van der Waals surface area contributed by atoms with E-state index in [1.165, 1.54) is 6.20 Å². The number of halogens is 3. The Kier molecular flexibility index (Phi) is 4.31. The number of carbonyl (C=O) groups is 2. The van der Waals surface area contributed by atoms with Gasteiger partial charge in [-0.25, -0.2) is 23.1 Å². The van der Waals surface area contributed by atoms with Gasteiger partial charge in [0, 0.05) is 6.20 Å². The van der Waals surface area contributed by atoms with Crippen molar-refractivity contribution in [1.82, 2.24) is 10.3 Å². The lowest BCUT2D eigenvalue weighted by atomic mass is 10.1. The highest BCUT2D eigenvalue weighted by atomic mass is 32.2. The molecule has 2 heterocycles. The van der Waals surface area contributed by atoms with E-state index in [-0.39, 0.29) is 11.6 Å². The molecule has 1 aromatic carbocycles. The molecule has 3 N–H and O–H groups in total. The van der Waals surface area contributed by atoms with Gasteiger partial charge in [0.25, 0.3) is 15.7 Å². The van der Waals surface area contributed by atoms with Crippen molar-refractivity contribution in [3.8, 4) is 0 Å². The molecule has 1 aliphatic heterocycles. The Morgan fingerprint density at radius 3 is 2.47 bits per heavy atom. The summed E-state index contributed by atoms with van der Waals surface area (Å²) in [6, 6.07) is 6.13. The second-order valence-electron chi connectivity index (χ2n) is 7.18. The Bertz CT molecular complexity index is 1150. The third-order valence-corrected chi connectivity index (χ3v) is 6.76. The minimum atomic E-state index is -5.52. The number of aromatic nitrogens is 1. The number of nitrogens with two attached hydrogens (primary N) is 1. The van der Waals surface area contributed by atoms with Crippen LogP contribution in [0.15, 0.2) is 47.5 Å². The first-order chi connectivity index (χ1) is 14.0. The van der Waals surface area contributed by atoms with Gasteiger partial charge in [-0.15, -0.1) is 0 Å². The summed E-state index contributed by atoms with van der Waals surface area (Å²) in [6.45, 7) is 0. The monoisotopic (exact) mass is 440 g/mol. The van der Waals surface area contributed by atoms with Crippen molar-refractivity contribution in [2.24, 2.45) is 5.92 Å². The van der Waals surface area contributed by atoms with Crippen molar-refractivity contribution in [1.29, 1.82) is 0 Å². The second kappa shape index (κ2) is 6.42. The van der Waals surface area contributed by atoms with Crippen LogP contribution in [0.25, 0.3) is 0 Å². The lowest BCUT2D eigenvalue weighted by molar-refractivity contribution is -0.119. The smallest absolute Gasteiger partial charge is 0.384 e. The van der Waals surface area contributed by atoms with Crippen LogP contribution >= 0.6 is 0 Å². The molecule has 30 heavy (non-hydrogen) atoms. The number of alkyl halides is 3. The quantitative estimate of drug-likeness (QED) is 0.702. The van der Waals surface area contributed by atoms with Gasteiger partial charge in [0.15, 0.2) is 0 Å². The van der Waals surface area contributed by atoms with Gasteiger partial charge in [-0.3, -0.25) is 4.79 Å². The molecule has 1 saturated heterocycles. The van der Waals surface area contributed by atoms with Crippen molar-refractivity contribution in [2.75, 3.05) is 10.6 Å². The number of nitrogen functional groups attached to an aromatic ring is 1. The van der Waals surface area contributed by atoms with Gasteiger partial charge in [-0.2, -0.15) is 13.2 Å². The molecule has 8 nitrogen and oxygen atoms in total. The highest BCUT2D eigenvalue weighted by Crippen LogP contribution is 2.50. The Labute approximate surface area is 168 Å². The van der Waals surface area contributed by atoms with E-state index in [1.54, 1.807) is 12.1 Å². The number of hydrogen-bond donors (Lipinski definition) is 2. The number of urea groups is 1. The van der Waals surface area contributed by atoms with E-state index in [0.29, 0.717) is 30.8 Å². The fraction of sp³-hybridized carbons (Fsp3) is 0.278. The molecule has 0 radical (unpaired) electrons. The molecule has 4 rings (SSSR count). The Morgan fingerprint density at radius 1 is 1.20 bits per heavy atom. The summed E-state index contributed by atoms with van der Waals surface area (Å²) in [5.74, 6) is -0.379. The largest absolute Gasteiger partial charge is 0.501 e. The summed E-state index contributed by atoms with van der Waals surface area (Å²) in [4.78, 5) is 29.0. The van der Waals surface area contributed by atoms with E-state index in [4.69, 9.17) is 5.73 Å². The highest BCUT2D eigenvalue weighted by Gasteiger charge is 2.67. The number of imide groups is 1. The highest BCUT2D eigenvalue weighted by molar-refractivity contribution is 7.92. The van der Waals surface area contributed by atoms with E-state index in [1.807, 2.05) is 0 Å². The summed E-state index contributed by atoms with van der Waals surface area (Å²) in [7, 11) is -5.52. The minimum absolute atomic E-state index is 0.0192. The van der Waals surface area contributed by atoms with Crippen LogP contribution in [0.2, 0.25) is 0 Å². The molecule has 2 aromatic rings. The van der Waals surface area contributed by atoms with Crippen LogP contribution in [0.5, 0.6) is 0 Å². The van der Waals surface area contributed by atoms with Crippen molar-refractivity contribution in [2.45, 2.75) is 28.8 Å². The summed E-state index contributed by atoms with van der Waals surface area (Å²) < 4.78 is 61.0. The maximum Gasteiger partial charge on any atom is 0.501 e. The fourth-order valence-electron chi connectivity index (χ4n) is 3.63. The second-order valence-corrected chi connectivity index (χ2v) is 9.12. The molecule has 1 spiro atoms. The van der Waals surface area contributed by atoms with Crippen molar-refractivity contribution in [3.05, 3.63) is 48.2 Å². The molecule has 12 heteroatoms. The Morgan fingerprint density at radius 2 is 1.87 bits per heavy atom. The molecule has 2 fully saturated rings. The van der Waals surface area contributed by atoms with Gasteiger partial charge in [-0.05, 0) is 60.7 Å². The number of benzene rings is 1. The van der Waals surface area contributed by atoms with E-state index in [0.717, 1.165) is 22.6 Å². The Balaban J connectivity index is 1.54. The molecular weight excluding hydrogens is 425 g/mol. The average molecular weight is 440 g/mol. The SMILES string of the molecule is Nc1cc(CC2CC23NC(=O)N(c2ccc(S(=O)(=O)C(F)(F)F)cc2)C3=O)ccn1. The number of amides is 3. The summed E-state index contributed by atoms with van der Waals surface area (Å²) in [5.41, 5.74) is -0.0572. The lowest BCUT2D eigenvalue weighted by Gasteiger charge is -2.14. The molecule has 1 saturated carbocycles. The van der Waals surface area contributed by atoms with Crippen molar-refractivity contribution in [3.63, 3.8) is 0 Å². The number of hydrogen-bond acceptors (Lipinski definition) is 6. The first-order valence-corrected chi connectivity index (χ1v) is 10.2. The minimum Gasteiger partial charge on any atom is -0.384 e. The molecule has 1 aromatic heterocycles. The van der Waals surface area contributed by atoms with Gasteiger partial charge in [0.1, 0.15) is 11.4 Å². The maximum atomic E-state index is 12.9. The normalized spacial score (nSPS) is 23.7. The van der Waals surface area contributed by atoms with Crippen LogP contribution in [0.3, 0.4) is 0 Å². The summed E-state index contributed by atoms with van der Waals surface area (Å²) >= 11 is 0. The van der Waals surface area contributed by atoms with E-state index in [9.17, 15) is 31.2 Å². The number of sulfone groups is 1. The average Bonchev–Trinajstić information content (AvgIpc) is 3.27. The molecular formula is C18H15F3N4O4S. The zero-order valence-corrected chi connectivity index (χ0v) is 16.0. The predicted octanol–water partition coefficient (Wildman–Crippen LogP) is 2.01. The predicted molar refractivity (Wildman–Crippen MR) is 98.9 cm³/mol.